The molecular formula is C16H22O4. The van der Waals surface area contributed by atoms with Gasteiger partial charge in [0, 0.05) is 6.42 Å². The monoisotopic (exact) mass is 278 g/mol. The molecule has 4 heteroatoms. The molecule has 0 saturated carbocycles. The highest BCUT2D eigenvalue weighted by atomic mass is 16.6. The molecule has 0 aliphatic carbocycles. The zero-order valence-electron chi connectivity index (χ0n) is 12.5. The number of methoxy groups -OCH3 is 1. The maximum absolute atomic E-state index is 11.8. The van der Waals surface area contributed by atoms with Crippen molar-refractivity contribution in [3.63, 3.8) is 0 Å². The summed E-state index contributed by atoms with van der Waals surface area (Å²) in [5.41, 5.74) is 1.05. The summed E-state index contributed by atoms with van der Waals surface area (Å²) in [5.74, 6) is 1.15. The summed E-state index contributed by atoms with van der Waals surface area (Å²) >= 11 is 0. The first kappa shape index (κ1) is 14.9. The third-order valence-electron chi connectivity index (χ3n) is 3.66. The van der Waals surface area contributed by atoms with E-state index in [0.717, 1.165) is 12.0 Å². The summed E-state index contributed by atoms with van der Waals surface area (Å²) in [7, 11) is 1.57. The minimum Gasteiger partial charge on any atom is -0.493 e. The van der Waals surface area contributed by atoms with E-state index in [4.69, 9.17) is 14.2 Å². The summed E-state index contributed by atoms with van der Waals surface area (Å²) in [6.45, 7) is 6.12. The van der Waals surface area contributed by atoms with Gasteiger partial charge in [-0.25, -0.2) is 0 Å². The Bertz CT molecular complexity index is 483. The SMILES string of the molecule is CCC(C)CC(=O)Oc1ccc(C2OC2C)cc1OC. The van der Waals surface area contributed by atoms with Crippen molar-refractivity contribution in [3.05, 3.63) is 23.8 Å². The van der Waals surface area contributed by atoms with Gasteiger partial charge in [0.05, 0.1) is 13.2 Å². The van der Waals surface area contributed by atoms with Crippen molar-refractivity contribution in [1.29, 1.82) is 0 Å². The number of rotatable bonds is 6. The van der Waals surface area contributed by atoms with E-state index in [1.54, 1.807) is 13.2 Å². The first-order valence-corrected chi connectivity index (χ1v) is 7.09. The van der Waals surface area contributed by atoms with Crippen molar-refractivity contribution >= 4 is 5.97 Å². The molecule has 0 spiro atoms. The van der Waals surface area contributed by atoms with Crippen LogP contribution in [-0.4, -0.2) is 19.2 Å². The molecule has 3 atom stereocenters. The van der Waals surface area contributed by atoms with Gasteiger partial charge < -0.3 is 14.2 Å². The molecule has 0 N–H and O–H groups in total. The van der Waals surface area contributed by atoms with Gasteiger partial charge in [0.15, 0.2) is 11.5 Å². The van der Waals surface area contributed by atoms with Gasteiger partial charge in [-0.2, -0.15) is 0 Å². The normalized spacial score (nSPS) is 22.2. The lowest BCUT2D eigenvalue weighted by atomic mass is 10.1. The summed E-state index contributed by atoms with van der Waals surface area (Å²) in [4.78, 5) is 11.8. The highest BCUT2D eigenvalue weighted by molar-refractivity contribution is 5.73. The minimum absolute atomic E-state index is 0.133. The fraction of sp³-hybridized carbons (Fsp3) is 0.562. The Balaban J connectivity index is 2.05. The van der Waals surface area contributed by atoms with E-state index in [1.807, 2.05) is 26.0 Å². The van der Waals surface area contributed by atoms with Crippen LogP contribution in [0.15, 0.2) is 18.2 Å². The van der Waals surface area contributed by atoms with E-state index < -0.39 is 0 Å². The van der Waals surface area contributed by atoms with Crippen molar-refractivity contribution < 1.29 is 19.0 Å². The maximum Gasteiger partial charge on any atom is 0.311 e. The minimum atomic E-state index is -0.221. The van der Waals surface area contributed by atoms with Gasteiger partial charge in [0.1, 0.15) is 6.10 Å². The van der Waals surface area contributed by atoms with Crippen LogP contribution in [0.3, 0.4) is 0 Å². The molecular weight excluding hydrogens is 256 g/mol. The fourth-order valence-corrected chi connectivity index (χ4v) is 2.07. The second-order valence-corrected chi connectivity index (χ2v) is 5.36. The number of epoxide rings is 1. The standard InChI is InChI=1S/C16H22O4/c1-5-10(2)8-15(17)20-13-7-6-12(9-14(13)18-4)16-11(3)19-16/h6-7,9-11,16H,5,8H2,1-4H3. The van der Waals surface area contributed by atoms with E-state index in [0.29, 0.717) is 23.8 Å². The second kappa shape index (κ2) is 6.27. The molecule has 0 bridgehead atoms. The van der Waals surface area contributed by atoms with E-state index in [2.05, 4.69) is 6.92 Å². The van der Waals surface area contributed by atoms with Crippen LogP contribution in [0.4, 0.5) is 0 Å². The largest absolute Gasteiger partial charge is 0.493 e. The number of hydrogen-bond acceptors (Lipinski definition) is 4. The quantitative estimate of drug-likeness (QED) is 0.454. The topological polar surface area (TPSA) is 48.1 Å². The zero-order chi connectivity index (χ0) is 14.7. The third kappa shape index (κ3) is 3.51. The van der Waals surface area contributed by atoms with Crippen molar-refractivity contribution in [3.8, 4) is 11.5 Å². The Kier molecular flexibility index (Phi) is 4.65. The van der Waals surface area contributed by atoms with E-state index >= 15 is 0 Å². The van der Waals surface area contributed by atoms with Crippen LogP contribution in [0.5, 0.6) is 11.5 Å². The van der Waals surface area contributed by atoms with Gasteiger partial charge in [-0.05, 0) is 30.5 Å². The number of hydrogen-bond donors (Lipinski definition) is 0. The van der Waals surface area contributed by atoms with E-state index in [1.165, 1.54) is 0 Å². The lowest BCUT2D eigenvalue weighted by Gasteiger charge is -2.12. The predicted molar refractivity (Wildman–Crippen MR) is 76.0 cm³/mol. The van der Waals surface area contributed by atoms with Crippen molar-refractivity contribution in [2.75, 3.05) is 7.11 Å². The molecule has 1 heterocycles. The van der Waals surface area contributed by atoms with E-state index in [9.17, 15) is 4.79 Å². The van der Waals surface area contributed by atoms with Crippen molar-refractivity contribution in [1.82, 2.24) is 0 Å². The van der Waals surface area contributed by atoms with Gasteiger partial charge in [-0.3, -0.25) is 4.79 Å². The molecule has 2 rings (SSSR count). The Morgan fingerprint density at radius 2 is 2.10 bits per heavy atom. The van der Waals surface area contributed by atoms with Gasteiger partial charge in [0.2, 0.25) is 0 Å². The van der Waals surface area contributed by atoms with Crippen LogP contribution >= 0.6 is 0 Å². The van der Waals surface area contributed by atoms with Crippen LogP contribution in [0.2, 0.25) is 0 Å². The second-order valence-electron chi connectivity index (χ2n) is 5.36. The van der Waals surface area contributed by atoms with Crippen molar-refractivity contribution in [2.45, 2.75) is 45.8 Å². The molecule has 0 amide bonds. The molecule has 0 radical (unpaired) electrons. The number of carbonyl (C=O) groups is 1. The lowest BCUT2D eigenvalue weighted by molar-refractivity contribution is -0.135. The lowest BCUT2D eigenvalue weighted by Crippen LogP contribution is -2.12. The fourth-order valence-electron chi connectivity index (χ4n) is 2.07. The van der Waals surface area contributed by atoms with E-state index in [-0.39, 0.29) is 18.2 Å². The molecule has 4 nitrogen and oxygen atoms in total. The average molecular weight is 278 g/mol. The van der Waals surface area contributed by atoms with Crippen LogP contribution < -0.4 is 9.47 Å². The van der Waals surface area contributed by atoms with Crippen molar-refractivity contribution in [2.24, 2.45) is 5.92 Å². The molecule has 1 aromatic carbocycles. The smallest absolute Gasteiger partial charge is 0.311 e. The highest BCUT2D eigenvalue weighted by Gasteiger charge is 2.36. The number of esters is 1. The number of benzene rings is 1. The molecule has 20 heavy (non-hydrogen) atoms. The average Bonchev–Trinajstić information content (AvgIpc) is 3.16. The summed E-state index contributed by atoms with van der Waals surface area (Å²) in [6, 6.07) is 5.57. The molecule has 1 aliphatic heterocycles. The molecule has 110 valence electrons. The molecule has 3 unspecified atom stereocenters. The number of ether oxygens (including phenoxy) is 3. The molecule has 1 aromatic rings. The van der Waals surface area contributed by atoms with Crippen LogP contribution in [0, 0.1) is 5.92 Å². The molecule has 1 fully saturated rings. The van der Waals surface area contributed by atoms with Gasteiger partial charge in [-0.1, -0.05) is 26.3 Å². The summed E-state index contributed by atoms with van der Waals surface area (Å²) < 4.78 is 16.1. The predicted octanol–water partition coefficient (Wildman–Crippen LogP) is 3.50. The van der Waals surface area contributed by atoms with Crippen LogP contribution in [-0.2, 0) is 9.53 Å². The molecule has 1 saturated heterocycles. The Morgan fingerprint density at radius 1 is 1.40 bits per heavy atom. The first-order valence-electron chi connectivity index (χ1n) is 7.09. The number of carbonyl (C=O) groups excluding carboxylic acids is 1. The zero-order valence-corrected chi connectivity index (χ0v) is 12.5. The van der Waals surface area contributed by atoms with Gasteiger partial charge in [0.25, 0.3) is 0 Å². The van der Waals surface area contributed by atoms with Crippen LogP contribution in [0.25, 0.3) is 0 Å². The Morgan fingerprint density at radius 3 is 2.65 bits per heavy atom. The maximum atomic E-state index is 11.8. The van der Waals surface area contributed by atoms with Gasteiger partial charge in [-0.15, -0.1) is 0 Å². The molecule has 0 aromatic heterocycles. The molecule has 1 aliphatic rings. The summed E-state index contributed by atoms with van der Waals surface area (Å²) in [6.07, 6.45) is 1.76. The summed E-state index contributed by atoms with van der Waals surface area (Å²) in [5, 5.41) is 0. The first-order chi connectivity index (χ1) is 9.55. The highest BCUT2D eigenvalue weighted by Crippen LogP contribution is 2.41. The third-order valence-corrected chi connectivity index (χ3v) is 3.66. The van der Waals surface area contributed by atoms with Gasteiger partial charge >= 0.3 is 5.97 Å². The van der Waals surface area contributed by atoms with Crippen LogP contribution in [0.1, 0.15) is 45.3 Å². The Labute approximate surface area is 120 Å². The Hall–Kier alpha value is -1.55.